The molecule has 2 rings (SSSR count). The smallest absolute Gasteiger partial charge is 0.341 e. The van der Waals surface area contributed by atoms with Gasteiger partial charge in [0.05, 0.1) is 10.6 Å². The van der Waals surface area contributed by atoms with Crippen LogP contribution < -0.4 is 10.1 Å². The molecule has 0 atom stereocenters. The molecule has 0 unspecified atom stereocenters. The van der Waals surface area contributed by atoms with Gasteiger partial charge in [0.1, 0.15) is 5.75 Å². The fourth-order valence-corrected chi connectivity index (χ4v) is 3.08. The number of benzene rings is 2. The minimum absolute atomic E-state index is 0.0314. The van der Waals surface area contributed by atoms with Gasteiger partial charge in [0.25, 0.3) is 5.91 Å². The third-order valence-electron chi connectivity index (χ3n) is 3.57. The number of ketones is 1. The van der Waals surface area contributed by atoms with Crippen LogP contribution in [0.5, 0.6) is 5.75 Å². The van der Waals surface area contributed by atoms with Gasteiger partial charge in [-0.1, -0.05) is 19.1 Å². The molecule has 6 nitrogen and oxygen atoms in total. The second kappa shape index (κ2) is 8.72. The number of carbonyl (C=O) groups excluding carboxylic acids is 2. The number of ether oxygens (including phenoxy) is 1. The number of Topliss-reactive ketones (excluding diaryl/α,β-unsaturated/α-hetero) is 1. The van der Waals surface area contributed by atoms with E-state index in [0.29, 0.717) is 17.7 Å². The molecule has 0 radical (unpaired) electrons. The Kier molecular flexibility index (Phi) is 6.62. The average molecular weight is 397 g/mol. The van der Waals surface area contributed by atoms with Crippen molar-refractivity contribution < 1.29 is 31.5 Å². The molecule has 144 valence electrons. The van der Waals surface area contributed by atoms with Gasteiger partial charge >= 0.3 is 5.76 Å². The summed E-state index contributed by atoms with van der Waals surface area (Å²) in [5.41, 5.74) is 0.260. The molecule has 0 saturated heterocycles. The largest absolute Gasteiger partial charge is 0.484 e. The van der Waals surface area contributed by atoms with E-state index in [1.807, 2.05) is 0 Å². The van der Waals surface area contributed by atoms with Crippen LogP contribution >= 0.6 is 0 Å². The summed E-state index contributed by atoms with van der Waals surface area (Å²) in [6.45, 7) is 1.27. The Labute approximate surface area is 155 Å². The van der Waals surface area contributed by atoms with Gasteiger partial charge in [0.2, 0.25) is 9.84 Å². The number of rotatable bonds is 8. The summed E-state index contributed by atoms with van der Waals surface area (Å²) in [5.74, 6) is -4.03. The van der Waals surface area contributed by atoms with Gasteiger partial charge in [-0.3, -0.25) is 9.59 Å². The molecule has 1 N–H and O–H groups in total. The molecule has 27 heavy (non-hydrogen) atoms. The van der Waals surface area contributed by atoms with Crippen molar-refractivity contribution in [2.45, 2.75) is 24.0 Å². The van der Waals surface area contributed by atoms with E-state index in [2.05, 4.69) is 5.32 Å². The summed E-state index contributed by atoms with van der Waals surface area (Å²) in [6, 6.07) is 11.0. The highest BCUT2D eigenvalue weighted by atomic mass is 32.2. The number of para-hydroxylation sites is 1. The average Bonchev–Trinajstić information content (AvgIpc) is 2.66. The molecule has 0 aliphatic heterocycles. The lowest BCUT2D eigenvalue weighted by molar-refractivity contribution is -0.118. The molecular weight excluding hydrogens is 380 g/mol. The number of carbonyl (C=O) groups is 2. The fraction of sp³-hybridized carbons (Fsp3) is 0.222. The highest BCUT2D eigenvalue weighted by molar-refractivity contribution is 7.91. The predicted octanol–water partition coefficient (Wildman–Crippen LogP) is 3.29. The van der Waals surface area contributed by atoms with Crippen molar-refractivity contribution in [1.29, 1.82) is 0 Å². The molecule has 2 aromatic carbocycles. The molecular formula is C18H17F2NO5S. The summed E-state index contributed by atoms with van der Waals surface area (Å²) in [5, 5.41) is 2.25. The number of anilines is 1. The van der Waals surface area contributed by atoms with E-state index < -0.39 is 33.0 Å². The van der Waals surface area contributed by atoms with Gasteiger partial charge in [-0.25, -0.2) is 8.42 Å². The zero-order valence-electron chi connectivity index (χ0n) is 14.3. The van der Waals surface area contributed by atoms with Crippen LogP contribution in [0.4, 0.5) is 14.5 Å². The summed E-state index contributed by atoms with van der Waals surface area (Å²) < 4.78 is 54.1. The van der Waals surface area contributed by atoms with Gasteiger partial charge in [-0.15, -0.1) is 0 Å². The second-order valence-corrected chi connectivity index (χ2v) is 7.33. The van der Waals surface area contributed by atoms with Crippen LogP contribution in [0.25, 0.3) is 0 Å². The first kappa shape index (κ1) is 20.5. The highest BCUT2D eigenvalue weighted by Crippen LogP contribution is 2.26. The molecule has 0 aliphatic rings. The van der Waals surface area contributed by atoms with Crippen molar-refractivity contribution in [3.05, 3.63) is 54.1 Å². The van der Waals surface area contributed by atoms with E-state index in [1.165, 1.54) is 30.3 Å². The molecule has 0 aliphatic carbocycles. The Hall–Kier alpha value is -2.81. The van der Waals surface area contributed by atoms with Crippen LogP contribution in [0, 0.1) is 0 Å². The topological polar surface area (TPSA) is 89.5 Å². The number of amides is 1. The molecule has 0 saturated carbocycles. The maximum atomic E-state index is 12.8. The summed E-state index contributed by atoms with van der Waals surface area (Å²) in [6.07, 6.45) is 0.365. The van der Waals surface area contributed by atoms with E-state index in [0.717, 1.165) is 6.07 Å². The fourth-order valence-electron chi connectivity index (χ4n) is 2.19. The molecule has 0 aromatic heterocycles. The van der Waals surface area contributed by atoms with Gasteiger partial charge in [-0.05, 0) is 36.4 Å². The van der Waals surface area contributed by atoms with Gasteiger partial charge in [0, 0.05) is 12.0 Å². The molecule has 0 bridgehead atoms. The second-order valence-electron chi connectivity index (χ2n) is 5.44. The van der Waals surface area contributed by atoms with Crippen molar-refractivity contribution in [2.75, 3.05) is 11.9 Å². The standard InChI is InChI=1S/C18H17F2NO5S/c1-2-15(22)12-7-9-13(10-8-12)26-11-17(23)21-14-5-3-4-6-16(14)27(24,25)18(19)20/h3-10,18H,2,11H2,1H3,(H,21,23). The van der Waals surface area contributed by atoms with Gasteiger partial charge < -0.3 is 10.1 Å². The first-order chi connectivity index (χ1) is 12.8. The summed E-state index contributed by atoms with van der Waals surface area (Å²) in [4.78, 5) is 22.9. The van der Waals surface area contributed by atoms with Crippen molar-refractivity contribution >= 4 is 27.2 Å². The van der Waals surface area contributed by atoms with E-state index in [-0.39, 0.29) is 11.5 Å². The zero-order chi connectivity index (χ0) is 20.0. The molecule has 9 heteroatoms. The minimum Gasteiger partial charge on any atom is -0.484 e. The Bertz CT molecular complexity index is 927. The maximum absolute atomic E-state index is 12.8. The summed E-state index contributed by atoms with van der Waals surface area (Å²) >= 11 is 0. The van der Waals surface area contributed by atoms with E-state index >= 15 is 0 Å². The molecule has 0 spiro atoms. The quantitative estimate of drug-likeness (QED) is 0.691. The molecule has 2 aromatic rings. The zero-order valence-corrected chi connectivity index (χ0v) is 15.1. The molecule has 0 fully saturated rings. The van der Waals surface area contributed by atoms with Crippen molar-refractivity contribution in [3.8, 4) is 5.75 Å². The minimum atomic E-state index is -4.86. The first-order valence-corrected chi connectivity index (χ1v) is 9.47. The number of nitrogens with one attached hydrogen (secondary N) is 1. The summed E-state index contributed by atoms with van der Waals surface area (Å²) in [7, 11) is -4.86. The Morgan fingerprint density at radius 1 is 1.07 bits per heavy atom. The Balaban J connectivity index is 2.04. The number of halogens is 2. The number of hydrogen-bond donors (Lipinski definition) is 1. The SMILES string of the molecule is CCC(=O)c1ccc(OCC(=O)Nc2ccccc2S(=O)(=O)C(F)F)cc1. The van der Waals surface area contributed by atoms with Crippen LogP contribution in [-0.2, 0) is 14.6 Å². The lowest BCUT2D eigenvalue weighted by atomic mass is 10.1. The van der Waals surface area contributed by atoms with Crippen molar-refractivity contribution in [2.24, 2.45) is 0 Å². The van der Waals surface area contributed by atoms with E-state index in [1.54, 1.807) is 19.1 Å². The van der Waals surface area contributed by atoms with E-state index in [9.17, 15) is 26.8 Å². The van der Waals surface area contributed by atoms with Crippen molar-refractivity contribution in [3.63, 3.8) is 0 Å². The van der Waals surface area contributed by atoms with Crippen LogP contribution in [0.3, 0.4) is 0 Å². The number of hydrogen-bond acceptors (Lipinski definition) is 5. The molecule has 0 heterocycles. The third-order valence-corrected chi connectivity index (χ3v) is 5.01. The first-order valence-electron chi connectivity index (χ1n) is 7.92. The van der Waals surface area contributed by atoms with E-state index in [4.69, 9.17) is 4.74 Å². The van der Waals surface area contributed by atoms with Crippen molar-refractivity contribution in [1.82, 2.24) is 0 Å². The maximum Gasteiger partial charge on any atom is 0.341 e. The van der Waals surface area contributed by atoms with Crippen LogP contribution in [0.1, 0.15) is 23.7 Å². The Morgan fingerprint density at radius 2 is 1.70 bits per heavy atom. The highest BCUT2D eigenvalue weighted by Gasteiger charge is 2.29. The van der Waals surface area contributed by atoms with Crippen LogP contribution in [0.15, 0.2) is 53.4 Å². The number of alkyl halides is 2. The van der Waals surface area contributed by atoms with Gasteiger partial charge in [0.15, 0.2) is 12.4 Å². The van der Waals surface area contributed by atoms with Gasteiger partial charge in [-0.2, -0.15) is 8.78 Å². The third kappa shape index (κ3) is 5.10. The number of sulfone groups is 1. The monoisotopic (exact) mass is 397 g/mol. The lowest BCUT2D eigenvalue weighted by Crippen LogP contribution is -2.22. The predicted molar refractivity (Wildman–Crippen MR) is 94.8 cm³/mol. The lowest BCUT2D eigenvalue weighted by Gasteiger charge is -2.12. The van der Waals surface area contributed by atoms with Crippen LogP contribution in [-0.4, -0.2) is 32.5 Å². The molecule has 1 amide bonds. The normalized spacial score (nSPS) is 11.3. The van der Waals surface area contributed by atoms with Crippen LogP contribution in [0.2, 0.25) is 0 Å². The Morgan fingerprint density at radius 3 is 2.30 bits per heavy atom.